The van der Waals surface area contributed by atoms with Crippen molar-refractivity contribution < 1.29 is 9.34 Å². The summed E-state index contributed by atoms with van der Waals surface area (Å²) >= 11 is 0. The summed E-state index contributed by atoms with van der Waals surface area (Å²) in [6.07, 6.45) is 1.61. The lowest BCUT2D eigenvalue weighted by molar-refractivity contribution is -0.384. The second-order valence-corrected chi connectivity index (χ2v) is 6.16. The first-order chi connectivity index (χ1) is 13.6. The zero-order valence-corrected chi connectivity index (χ0v) is 14.9. The zero-order valence-electron chi connectivity index (χ0n) is 14.9. The lowest BCUT2D eigenvalue weighted by Gasteiger charge is -2.00. The van der Waals surface area contributed by atoms with E-state index in [1.165, 1.54) is 12.1 Å². The minimum atomic E-state index is -0.452. The average molecular weight is 370 g/mol. The molecule has 0 fully saturated rings. The Labute approximate surface area is 159 Å². The van der Waals surface area contributed by atoms with Crippen LogP contribution in [0, 0.1) is 21.4 Å². The number of nitro benzene ring substituents is 1. The second kappa shape index (κ2) is 6.85. The van der Waals surface area contributed by atoms with Crippen LogP contribution in [0.1, 0.15) is 11.6 Å². The molecule has 0 bridgehead atoms. The van der Waals surface area contributed by atoms with Crippen LogP contribution in [-0.2, 0) is 7.05 Å². The Balaban J connectivity index is 1.72. The van der Waals surface area contributed by atoms with Crippen LogP contribution in [0.25, 0.3) is 34.0 Å². The molecule has 0 spiro atoms. The van der Waals surface area contributed by atoms with Crippen molar-refractivity contribution in [3.8, 4) is 17.4 Å². The van der Waals surface area contributed by atoms with E-state index in [1.807, 2.05) is 35.9 Å². The lowest BCUT2D eigenvalue weighted by Crippen LogP contribution is -1.95. The van der Waals surface area contributed by atoms with Crippen molar-refractivity contribution in [2.75, 3.05) is 0 Å². The number of hydrogen-bond acceptors (Lipinski definition) is 5. The fourth-order valence-corrected chi connectivity index (χ4v) is 3.03. The number of nitro groups is 1. The van der Waals surface area contributed by atoms with Gasteiger partial charge in [-0.3, -0.25) is 10.1 Å². The molecule has 0 saturated heterocycles. The number of aromatic nitrogens is 2. The molecule has 0 N–H and O–H groups in total. The van der Waals surface area contributed by atoms with E-state index in [1.54, 1.807) is 30.3 Å². The van der Waals surface area contributed by atoms with Crippen molar-refractivity contribution in [2.24, 2.45) is 7.05 Å². The van der Waals surface area contributed by atoms with E-state index in [4.69, 9.17) is 4.42 Å². The number of non-ortho nitro benzene ring substituents is 1. The predicted molar refractivity (Wildman–Crippen MR) is 105 cm³/mol. The van der Waals surface area contributed by atoms with E-state index < -0.39 is 4.92 Å². The Bertz CT molecular complexity index is 1270. The molecule has 0 aliphatic carbocycles. The van der Waals surface area contributed by atoms with Crippen LogP contribution in [0.4, 0.5) is 5.69 Å². The molecule has 4 aromatic rings. The van der Waals surface area contributed by atoms with Gasteiger partial charge in [0.25, 0.3) is 5.69 Å². The molecule has 136 valence electrons. The first-order valence-electron chi connectivity index (χ1n) is 8.45. The molecular formula is C21H14N4O3. The van der Waals surface area contributed by atoms with Crippen molar-refractivity contribution in [3.63, 3.8) is 0 Å². The minimum Gasteiger partial charge on any atom is -0.457 e. The maximum atomic E-state index is 11.0. The van der Waals surface area contributed by atoms with E-state index in [0.29, 0.717) is 28.5 Å². The van der Waals surface area contributed by atoms with Gasteiger partial charge < -0.3 is 8.98 Å². The highest BCUT2D eigenvalue weighted by molar-refractivity contribution is 5.90. The maximum absolute atomic E-state index is 11.0. The average Bonchev–Trinajstić information content (AvgIpc) is 3.31. The third-order valence-electron chi connectivity index (χ3n) is 4.40. The van der Waals surface area contributed by atoms with Gasteiger partial charge in [-0.1, -0.05) is 24.3 Å². The summed E-state index contributed by atoms with van der Waals surface area (Å²) in [6, 6.07) is 19.5. The molecule has 0 atom stereocenters. The topological polar surface area (TPSA) is 97.9 Å². The van der Waals surface area contributed by atoms with Crippen molar-refractivity contribution in [2.45, 2.75) is 0 Å². The highest BCUT2D eigenvalue weighted by Gasteiger charge is 2.14. The van der Waals surface area contributed by atoms with Crippen molar-refractivity contribution >= 4 is 28.4 Å². The van der Waals surface area contributed by atoms with Crippen molar-refractivity contribution in [1.82, 2.24) is 9.55 Å². The van der Waals surface area contributed by atoms with Crippen LogP contribution < -0.4 is 0 Å². The molecule has 7 nitrogen and oxygen atoms in total. The Morgan fingerprint density at radius 2 is 2.04 bits per heavy atom. The number of nitriles is 1. The zero-order chi connectivity index (χ0) is 19.7. The summed E-state index contributed by atoms with van der Waals surface area (Å²) in [5.41, 5.74) is 2.67. The molecule has 2 aromatic carbocycles. The number of allylic oxidation sites excluding steroid dienone is 1. The standard InChI is InChI=1S/C21H14N4O3/c1-24-19-8-3-2-7-18(19)23-21(24)15(13-22)12-17-9-10-20(28-17)14-5-4-6-16(11-14)25(26)27/h2-12H,1H3/b15-12+. The van der Waals surface area contributed by atoms with Crippen LogP contribution in [0.2, 0.25) is 0 Å². The summed E-state index contributed by atoms with van der Waals surface area (Å²) in [4.78, 5) is 15.0. The molecule has 0 radical (unpaired) electrons. The van der Waals surface area contributed by atoms with Gasteiger partial charge in [0.2, 0.25) is 0 Å². The predicted octanol–water partition coefficient (Wildman–Crippen LogP) is 4.81. The van der Waals surface area contributed by atoms with Crippen LogP contribution >= 0.6 is 0 Å². The number of nitrogens with zero attached hydrogens (tertiary/aromatic N) is 4. The number of para-hydroxylation sites is 2. The Morgan fingerprint density at radius 1 is 1.21 bits per heavy atom. The van der Waals surface area contributed by atoms with E-state index in [-0.39, 0.29) is 5.69 Å². The normalized spacial score (nSPS) is 11.5. The van der Waals surface area contributed by atoms with Crippen LogP contribution in [0.3, 0.4) is 0 Å². The van der Waals surface area contributed by atoms with Crippen LogP contribution in [0.5, 0.6) is 0 Å². The molecule has 2 heterocycles. The van der Waals surface area contributed by atoms with Crippen LogP contribution in [0.15, 0.2) is 65.1 Å². The molecule has 0 unspecified atom stereocenters. The largest absolute Gasteiger partial charge is 0.457 e. The molecule has 2 aromatic heterocycles. The fourth-order valence-electron chi connectivity index (χ4n) is 3.03. The molecule has 28 heavy (non-hydrogen) atoms. The smallest absolute Gasteiger partial charge is 0.270 e. The molecule has 0 amide bonds. The molecular weight excluding hydrogens is 356 g/mol. The number of hydrogen-bond donors (Lipinski definition) is 0. The van der Waals surface area contributed by atoms with Gasteiger partial charge in [0.05, 0.1) is 21.5 Å². The number of aryl methyl sites for hydroxylation is 1. The fraction of sp³-hybridized carbons (Fsp3) is 0.0476. The third kappa shape index (κ3) is 3.04. The maximum Gasteiger partial charge on any atom is 0.270 e. The third-order valence-corrected chi connectivity index (χ3v) is 4.40. The van der Waals surface area contributed by atoms with E-state index in [9.17, 15) is 15.4 Å². The monoisotopic (exact) mass is 370 g/mol. The van der Waals surface area contributed by atoms with Gasteiger partial charge in [-0.25, -0.2) is 4.98 Å². The van der Waals surface area contributed by atoms with E-state index in [2.05, 4.69) is 11.1 Å². The number of rotatable bonds is 4. The Hall–Kier alpha value is -4.18. The summed E-state index contributed by atoms with van der Waals surface area (Å²) in [6.45, 7) is 0. The second-order valence-electron chi connectivity index (χ2n) is 6.16. The number of benzene rings is 2. The van der Waals surface area contributed by atoms with E-state index in [0.717, 1.165) is 11.0 Å². The number of furan rings is 1. The van der Waals surface area contributed by atoms with Gasteiger partial charge in [-0.2, -0.15) is 5.26 Å². The Morgan fingerprint density at radius 3 is 2.79 bits per heavy atom. The number of imidazole rings is 1. The van der Waals surface area contributed by atoms with Gasteiger partial charge in [-0.05, 0) is 24.3 Å². The lowest BCUT2D eigenvalue weighted by atomic mass is 10.1. The van der Waals surface area contributed by atoms with Crippen molar-refractivity contribution in [3.05, 3.63) is 82.4 Å². The van der Waals surface area contributed by atoms with Gasteiger partial charge in [0.1, 0.15) is 17.6 Å². The SMILES string of the molecule is Cn1c(/C(C#N)=C/c2ccc(-c3cccc([N+](=O)[O-])c3)o2)nc2ccccc21. The summed E-state index contributed by atoms with van der Waals surface area (Å²) in [5, 5.41) is 20.6. The minimum absolute atomic E-state index is 0.0107. The summed E-state index contributed by atoms with van der Waals surface area (Å²) in [5.74, 6) is 1.49. The highest BCUT2D eigenvalue weighted by Crippen LogP contribution is 2.28. The number of fused-ring (bicyclic) bond motifs is 1. The quantitative estimate of drug-likeness (QED) is 0.292. The highest BCUT2D eigenvalue weighted by atomic mass is 16.6. The molecule has 4 rings (SSSR count). The summed E-state index contributed by atoms with van der Waals surface area (Å²) in [7, 11) is 1.85. The first kappa shape index (κ1) is 17.2. The first-order valence-corrected chi connectivity index (χ1v) is 8.45. The Kier molecular flexibility index (Phi) is 4.22. The van der Waals surface area contributed by atoms with Crippen molar-refractivity contribution in [1.29, 1.82) is 5.26 Å². The summed E-state index contributed by atoms with van der Waals surface area (Å²) < 4.78 is 7.64. The van der Waals surface area contributed by atoms with E-state index >= 15 is 0 Å². The van der Waals surface area contributed by atoms with Crippen LogP contribution in [-0.4, -0.2) is 14.5 Å². The van der Waals surface area contributed by atoms with Gasteiger partial charge >= 0.3 is 0 Å². The molecule has 0 aliphatic heterocycles. The van der Waals surface area contributed by atoms with Gasteiger partial charge in [0.15, 0.2) is 5.82 Å². The van der Waals surface area contributed by atoms with Gasteiger partial charge in [-0.15, -0.1) is 0 Å². The molecule has 0 aliphatic rings. The molecule has 7 heteroatoms. The van der Waals surface area contributed by atoms with Gasteiger partial charge in [0, 0.05) is 30.8 Å². The molecule has 0 saturated carbocycles.